The summed E-state index contributed by atoms with van der Waals surface area (Å²) in [6.45, 7) is 6.35. The van der Waals surface area contributed by atoms with Crippen molar-refractivity contribution in [3.63, 3.8) is 0 Å². The van der Waals surface area contributed by atoms with Gasteiger partial charge in [-0.05, 0) is 30.4 Å². The quantitative estimate of drug-likeness (QED) is 0.761. The van der Waals surface area contributed by atoms with Crippen LogP contribution in [0.2, 0.25) is 0 Å². The Bertz CT molecular complexity index is 481. The molecule has 1 aromatic carbocycles. The molecule has 0 aliphatic carbocycles. The van der Waals surface area contributed by atoms with Crippen LogP contribution < -0.4 is 5.32 Å². The molecule has 1 N–H and O–H groups in total. The van der Waals surface area contributed by atoms with E-state index in [9.17, 15) is 4.79 Å². The number of hydrogen-bond acceptors (Lipinski definition) is 2. The first kappa shape index (κ1) is 11.6. The maximum absolute atomic E-state index is 12.6. The second-order valence-corrected chi connectivity index (χ2v) is 6.20. The number of anilines is 1. The molecule has 3 heteroatoms. The SMILES string of the molecule is CC1(C)CCN2C(=O)c3ccccc3NCC2C1. The lowest BCUT2D eigenvalue weighted by molar-refractivity contribution is 0.0473. The van der Waals surface area contributed by atoms with E-state index in [-0.39, 0.29) is 5.91 Å². The molecule has 1 fully saturated rings. The summed E-state index contributed by atoms with van der Waals surface area (Å²) in [4.78, 5) is 14.6. The van der Waals surface area contributed by atoms with Gasteiger partial charge in [0.1, 0.15) is 0 Å². The number of nitrogens with one attached hydrogen (secondary N) is 1. The number of para-hydroxylation sites is 1. The summed E-state index contributed by atoms with van der Waals surface area (Å²) in [6.07, 6.45) is 2.18. The zero-order chi connectivity index (χ0) is 12.8. The van der Waals surface area contributed by atoms with Crippen LogP contribution >= 0.6 is 0 Å². The van der Waals surface area contributed by atoms with Gasteiger partial charge in [0.15, 0.2) is 0 Å². The summed E-state index contributed by atoms with van der Waals surface area (Å²) >= 11 is 0. The highest BCUT2D eigenvalue weighted by atomic mass is 16.2. The van der Waals surface area contributed by atoms with Gasteiger partial charge in [0.25, 0.3) is 5.91 Å². The Morgan fingerprint density at radius 2 is 2.11 bits per heavy atom. The van der Waals surface area contributed by atoms with Gasteiger partial charge in [-0.15, -0.1) is 0 Å². The first-order chi connectivity index (χ1) is 8.57. The van der Waals surface area contributed by atoms with Crippen molar-refractivity contribution < 1.29 is 4.79 Å². The van der Waals surface area contributed by atoms with Gasteiger partial charge in [0.05, 0.1) is 5.56 Å². The Labute approximate surface area is 108 Å². The molecule has 1 saturated heterocycles. The van der Waals surface area contributed by atoms with Crippen molar-refractivity contribution in [3.05, 3.63) is 29.8 Å². The normalized spacial score (nSPS) is 25.8. The van der Waals surface area contributed by atoms with Crippen molar-refractivity contribution in [1.82, 2.24) is 4.90 Å². The van der Waals surface area contributed by atoms with E-state index in [0.717, 1.165) is 37.2 Å². The van der Waals surface area contributed by atoms with Crippen LogP contribution in [-0.2, 0) is 0 Å². The van der Waals surface area contributed by atoms with Crippen LogP contribution in [0.1, 0.15) is 37.0 Å². The van der Waals surface area contributed by atoms with Crippen LogP contribution in [0.4, 0.5) is 5.69 Å². The highest BCUT2D eigenvalue weighted by Gasteiger charge is 2.37. The minimum absolute atomic E-state index is 0.191. The summed E-state index contributed by atoms with van der Waals surface area (Å²) in [5.41, 5.74) is 2.15. The van der Waals surface area contributed by atoms with E-state index >= 15 is 0 Å². The fourth-order valence-electron chi connectivity index (χ4n) is 3.11. The van der Waals surface area contributed by atoms with E-state index in [1.807, 2.05) is 24.3 Å². The van der Waals surface area contributed by atoms with Gasteiger partial charge in [-0.2, -0.15) is 0 Å². The predicted molar refractivity (Wildman–Crippen MR) is 72.8 cm³/mol. The molecule has 96 valence electrons. The monoisotopic (exact) mass is 244 g/mol. The molecule has 2 heterocycles. The zero-order valence-corrected chi connectivity index (χ0v) is 11.1. The lowest BCUT2D eigenvalue weighted by Crippen LogP contribution is -2.49. The fraction of sp³-hybridized carbons (Fsp3) is 0.533. The van der Waals surface area contributed by atoms with Crippen molar-refractivity contribution in [3.8, 4) is 0 Å². The molecule has 1 aromatic rings. The van der Waals surface area contributed by atoms with Crippen molar-refractivity contribution in [2.75, 3.05) is 18.4 Å². The van der Waals surface area contributed by atoms with Crippen LogP contribution in [-0.4, -0.2) is 29.9 Å². The molecule has 0 radical (unpaired) electrons. The second-order valence-electron chi connectivity index (χ2n) is 6.20. The number of nitrogens with zero attached hydrogens (tertiary/aromatic N) is 1. The molecule has 1 atom stereocenters. The Balaban J connectivity index is 1.94. The van der Waals surface area contributed by atoms with E-state index in [1.165, 1.54) is 0 Å². The summed E-state index contributed by atoms with van der Waals surface area (Å²) < 4.78 is 0. The largest absolute Gasteiger partial charge is 0.382 e. The molecular weight excluding hydrogens is 224 g/mol. The first-order valence-corrected chi connectivity index (χ1v) is 6.71. The Hall–Kier alpha value is -1.51. The van der Waals surface area contributed by atoms with Gasteiger partial charge < -0.3 is 10.2 Å². The first-order valence-electron chi connectivity index (χ1n) is 6.71. The molecule has 0 aromatic heterocycles. The molecule has 1 amide bonds. The second kappa shape index (κ2) is 4.01. The number of rotatable bonds is 0. The van der Waals surface area contributed by atoms with Gasteiger partial charge >= 0.3 is 0 Å². The third kappa shape index (κ3) is 1.88. The molecular formula is C15H20N2O. The lowest BCUT2D eigenvalue weighted by atomic mass is 9.78. The zero-order valence-electron chi connectivity index (χ0n) is 11.1. The summed E-state index contributed by atoms with van der Waals surface area (Å²) in [5.74, 6) is 0.191. The lowest BCUT2D eigenvalue weighted by Gasteiger charge is -2.42. The molecule has 3 nitrogen and oxygen atoms in total. The maximum atomic E-state index is 12.6. The Morgan fingerprint density at radius 1 is 1.33 bits per heavy atom. The van der Waals surface area contributed by atoms with Crippen LogP contribution in [0.3, 0.4) is 0 Å². The van der Waals surface area contributed by atoms with Gasteiger partial charge in [0.2, 0.25) is 0 Å². The molecule has 0 spiro atoms. The number of carbonyl (C=O) groups excluding carboxylic acids is 1. The van der Waals surface area contributed by atoms with Crippen LogP contribution in [0.5, 0.6) is 0 Å². The Kier molecular flexibility index (Phi) is 2.58. The highest BCUT2D eigenvalue weighted by Crippen LogP contribution is 2.36. The number of piperidine rings is 1. The molecule has 0 bridgehead atoms. The van der Waals surface area contributed by atoms with Crippen molar-refractivity contribution in [1.29, 1.82) is 0 Å². The van der Waals surface area contributed by atoms with E-state index in [2.05, 4.69) is 24.1 Å². The molecule has 1 unspecified atom stereocenters. The Morgan fingerprint density at radius 3 is 2.94 bits per heavy atom. The number of amides is 1. The molecule has 18 heavy (non-hydrogen) atoms. The molecule has 0 saturated carbocycles. The average molecular weight is 244 g/mol. The van der Waals surface area contributed by atoms with Gasteiger partial charge in [0, 0.05) is 24.8 Å². The number of benzene rings is 1. The van der Waals surface area contributed by atoms with E-state index < -0.39 is 0 Å². The summed E-state index contributed by atoms with van der Waals surface area (Å²) in [5, 5.41) is 3.43. The standard InChI is InChI=1S/C15H20N2O/c1-15(2)7-8-17-11(9-15)10-16-13-6-4-3-5-12(13)14(17)18/h3-6,11,16H,7-10H2,1-2H3. The topological polar surface area (TPSA) is 32.3 Å². The van der Waals surface area contributed by atoms with Gasteiger partial charge in [-0.1, -0.05) is 26.0 Å². The third-order valence-electron chi connectivity index (χ3n) is 4.20. The van der Waals surface area contributed by atoms with E-state index in [1.54, 1.807) is 0 Å². The van der Waals surface area contributed by atoms with Gasteiger partial charge in [-0.3, -0.25) is 4.79 Å². The van der Waals surface area contributed by atoms with E-state index in [4.69, 9.17) is 0 Å². The summed E-state index contributed by atoms with van der Waals surface area (Å²) in [6, 6.07) is 8.16. The maximum Gasteiger partial charge on any atom is 0.256 e. The van der Waals surface area contributed by atoms with E-state index in [0.29, 0.717) is 11.5 Å². The van der Waals surface area contributed by atoms with Crippen LogP contribution in [0, 0.1) is 5.41 Å². The predicted octanol–water partition coefficient (Wildman–Crippen LogP) is 2.74. The summed E-state index contributed by atoms with van der Waals surface area (Å²) in [7, 11) is 0. The van der Waals surface area contributed by atoms with Crippen molar-refractivity contribution >= 4 is 11.6 Å². The third-order valence-corrected chi connectivity index (χ3v) is 4.20. The molecule has 2 aliphatic heterocycles. The van der Waals surface area contributed by atoms with Gasteiger partial charge in [-0.25, -0.2) is 0 Å². The van der Waals surface area contributed by atoms with Crippen molar-refractivity contribution in [2.45, 2.75) is 32.7 Å². The van der Waals surface area contributed by atoms with Crippen LogP contribution in [0.15, 0.2) is 24.3 Å². The number of hydrogen-bond donors (Lipinski definition) is 1. The fourth-order valence-corrected chi connectivity index (χ4v) is 3.11. The van der Waals surface area contributed by atoms with Crippen LogP contribution in [0.25, 0.3) is 0 Å². The molecule has 2 aliphatic rings. The smallest absolute Gasteiger partial charge is 0.256 e. The molecule has 3 rings (SSSR count). The number of carbonyl (C=O) groups is 1. The minimum atomic E-state index is 0.191. The van der Waals surface area contributed by atoms with Crippen molar-refractivity contribution in [2.24, 2.45) is 5.41 Å². The number of fused-ring (bicyclic) bond motifs is 2. The minimum Gasteiger partial charge on any atom is -0.382 e. The average Bonchev–Trinajstić information content (AvgIpc) is 2.47. The highest BCUT2D eigenvalue weighted by molar-refractivity contribution is 6.00.